The van der Waals surface area contributed by atoms with Crippen molar-refractivity contribution in [2.75, 3.05) is 13.2 Å². The minimum Gasteiger partial charge on any atom is -0.494 e. The molecule has 1 amide bonds. The Kier molecular flexibility index (Phi) is 7.62. The fraction of sp³-hybridized carbons (Fsp3) is 0.533. The minimum absolute atomic E-state index is 0.00259. The molecule has 0 radical (unpaired) electrons. The second kappa shape index (κ2) is 8.97. The zero-order valence-corrected chi connectivity index (χ0v) is 13.5. The molecule has 0 aromatic heterocycles. The van der Waals surface area contributed by atoms with Gasteiger partial charge in [0, 0.05) is 23.5 Å². The van der Waals surface area contributed by atoms with Gasteiger partial charge in [0.15, 0.2) is 0 Å². The molecule has 0 aliphatic heterocycles. The molecule has 0 saturated heterocycles. The lowest BCUT2D eigenvalue weighted by atomic mass is 10.1. The number of aliphatic hydroxyl groups is 1. The average molecular weight is 344 g/mol. The molecule has 0 bridgehead atoms. The molecule has 0 spiro atoms. The van der Waals surface area contributed by atoms with Crippen LogP contribution in [0.25, 0.3) is 0 Å². The first-order chi connectivity index (χ1) is 9.52. The number of benzene rings is 1. The summed E-state index contributed by atoms with van der Waals surface area (Å²) in [6, 6.07) is 7.59. The summed E-state index contributed by atoms with van der Waals surface area (Å²) in [6.45, 7) is 4.39. The molecule has 112 valence electrons. The molecule has 0 saturated carbocycles. The van der Waals surface area contributed by atoms with Crippen molar-refractivity contribution in [3.63, 3.8) is 0 Å². The lowest BCUT2D eigenvalue weighted by Gasteiger charge is -2.19. The number of aliphatic hydroxyl groups excluding tert-OH is 1. The SMILES string of the molecule is CC(CO)C(C)NC(=O)CCCOc1ccc(Br)cc1. The number of nitrogens with one attached hydrogen (secondary N) is 1. The van der Waals surface area contributed by atoms with Gasteiger partial charge in [0.05, 0.1) is 6.61 Å². The first-order valence-electron chi connectivity index (χ1n) is 6.81. The van der Waals surface area contributed by atoms with Gasteiger partial charge in [0.1, 0.15) is 5.75 Å². The van der Waals surface area contributed by atoms with E-state index >= 15 is 0 Å². The molecule has 2 N–H and O–H groups in total. The quantitative estimate of drug-likeness (QED) is 0.713. The number of hydrogen-bond acceptors (Lipinski definition) is 3. The van der Waals surface area contributed by atoms with Crippen LogP contribution in [0, 0.1) is 5.92 Å². The number of hydrogen-bond donors (Lipinski definition) is 2. The van der Waals surface area contributed by atoms with E-state index in [-0.39, 0.29) is 24.5 Å². The monoisotopic (exact) mass is 343 g/mol. The summed E-state index contributed by atoms with van der Waals surface area (Å²) in [7, 11) is 0. The molecule has 2 unspecified atom stereocenters. The van der Waals surface area contributed by atoms with Gasteiger partial charge in [-0.3, -0.25) is 4.79 Å². The third-order valence-corrected chi connectivity index (χ3v) is 3.69. The van der Waals surface area contributed by atoms with Crippen molar-refractivity contribution in [1.29, 1.82) is 0 Å². The summed E-state index contributed by atoms with van der Waals surface area (Å²) < 4.78 is 6.55. The summed E-state index contributed by atoms with van der Waals surface area (Å²) in [5, 5.41) is 11.9. The molecular formula is C15H22BrNO3. The van der Waals surface area contributed by atoms with Crippen LogP contribution in [0.5, 0.6) is 5.75 Å². The first-order valence-corrected chi connectivity index (χ1v) is 7.61. The van der Waals surface area contributed by atoms with Gasteiger partial charge in [-0.1, -0.05) is 22.9 Å². The molecule has 0 aliphatic rings. The number of carbonyl (C=O) groups excluding carboxylic acids is 1. The van der Waals surface area contributed by atoms with Gasteiger partial charge in [-0.25, -0.2) is 0 Å². The molecule has 5 heteroatoms. The number of rotatable bonds is 8. The van der Waals surface area contributed by atoms with Crippen molar-refractivity contribution in [1.82, 2.24) is 5.32 Å². The van der Waals surface area contributed by atoms with Crippen molar-refractivity contribution >= 4 is 21.8 Å². The van der Waals surface area contributed by atoms with Gasteiger partial charge in [-0.05, 0) is 43.5 Å². The number of halogens is 1. The highest BCUT2D eigenvalue weighted by atomic mass is 79.9. The Morgan fingerprint density at radius 3 is 2.60 bits per heavy atom. The minimum atomic E-state index is -0.0140. The molecule has 1 rings (SSSR count). The van der Waals surface area contributed by atoms with Crippen LogP contribution in [0.3, 0.4) is 0 Å². The second-order valence-corrected chi connectivity index (χ2v) is 5.84. The average Bonchev–Trinajstić information content (AvgIpc) is 2.44. The van der Waals surface area contributed by atoms with E-state index < -0.39 is 0 Å². The zero-order valence-electron chi connectivity index (χ0n) is 11.9. The van der Waals surface area contributed by atoms with Crippen molar-refractivity contribution in [3.8, 4) is 5.75 Å². The van der Waals surface area contributed by atoms with Crippen molar-refractivity contribution in [2.24, 2.45) is 5.92 Å². The van der Waals surface area contributed by atoms with Crippen LogP contribution in [0.15, 0.2) is 28.7 Å². The van der Waals surface area contributed by atoms with Crippen LogP contribution in [0.4, 0.5) is 0 Å². The molecule has 2 atom stereocenters. The van der Waals surface area contributed by atoms with E-state index in [0.717, 1.165) is 10.2 Å². The van der Waals surface area contributed by atoms with Gasteiger partial charge < -0.3 is 15.2 Å². The second-order valence-electron chi connectivity index (χ2n) is 4.92. The lowest BCUT2D eigenvalue weighted by molar-refractivity contribution is -0.122. The predicted octanol–water partition coefficient (Wildman–Crippen LogP) is 2.74. The van der Waals surface area contributed by atoms with Crippen LogP contribution in [0.2, 0.25) is 0 Å². The third-order valence-electron chi connectivity index (χ3n) is 3.16. The van der Waals surface area contributed by atoms with Crippen molar-refractivity contribution < 1.29 is 14.6 Å². The Morgan fingerprint density at radius 1 is 1.35 bits per heavy atom. The summed E-state index contributed by atoms with van der Waals surface area (Å²) in [5.74, 6) is 0.867. The van der Waals surface area contributed by atoms with Gasteiger partial charge in [-0.2, -0.15) is 0 Å². The molecule has 0 aliphatic carbocycles. The number of carbonyl (C=O) groups is 1. The molecule has 0 fully saturated rings. The van der Waals surface area contributed by atoms with E-state index in [1.54, 1.807) is 0 Å². The topological polar surface area (TPSA) is 58.6 Å². The zero-order chi connectivity index (χ0) is 15.0. The summed E-state index contributed by atoms with van der Waals surface area (Å²) in [4.78, 5) is 11.7. The Labute approximate surface area is 128 Å². The van der Waals surface area contributed by atoms with Crippen molar-refractivity contribution in [2.45, 2.75) is 32.7 Å². The highest BCUT2D eigenvalue weighted by Gasteiger charge is 2.13. The van der Waals surface area contributed by atoms with Gasteiger partial charge in [0.2, 0.25) is 5.91 Å². The number of amides is 1. The molecule has 4 nitrogen and oxygen atoms in total. The Hall–Kier alpha value is -1.07. The summed E-state index contributed by atoms with van der Waals surface area (Å²) in [6.07, 6.45) is 1.10. The van der Waals surface area contributed by atoms with Gasteiger partial charge >= 0.3 is 0 Å². The van der Waals surface area contributed by atoms with Gasteiger partial charge in [0.25, 0.3) is 0 Å². The third kappa shape index (κ3) is 6.39. The highest BCUT2D eigenvalue weighted by molar-refractivity contribution is 9.10. The van der Waals surface area contributed by atoms with E-state index in [4.69, 9.17) is 9.84 Å². The Bertz CT molecular complexity index is 408. The molecule has 1 aromatic carbocycles. The van der Waals surface area contributed by atoms with Crippen LogP contribution in [-0.2, 0) is 4.79 Å². The van der Waals surface area contributed by atoms with E-state index in [1.165, 1.54) is 0 Å². The normalized spacial score (nSPS) is 13.6. The standard InChI is InChI=1S/C15H22BrNO3/c1-11(10-18)12(2)17-15(19)4-3-9-20-14-7-5-13(16)6-8-14/h5-8,11-12,18H,3-4,9-10H2,1-2H3,(H,17,19). The molecule has 20 heavy (non-hydrogen) atoms. The van der Waals surface area contributed by atoms with E-state index in [1.807, 2.05) is 38.1 Å². The first kappa shape index (κ1) is 17.0. The Morgan fingerprint density at radius 2 is 2.00 bits per heavy atom. The fourth-order valence-electron chi connectivity index (χ4n) is 1.58. The fourth-order valence-corrected chi connectivity index (χ4v) is 1.84. The molecular weight excluding hydrogens is 322 g/mol. The van der Waals surface area contributed by atoms with Crippen LogP contribution >= 0.6 is 15.9 Å². The maximum atomic E-state index is 11.7. The summed E-state index contributed by atoms with van der Waals surface area (Å²) >= 11 is 3.36. The largest absolute Gasteiger partial charge is 0.494 e. The van der Waals surface area contributed by atoms with Crippen LogP contribution < -0.4 is 10.1 Å². The van der Waals surface area contributed by atoms with E-state index in [2.05, 4.69) is 21.2 Å². The number of ether oxygens (including phenoxy) is 1. The van der Waals surface area contributed by atoms with E-state index in [9.17, 15) is 4.79 Å². The lowest BCUT2D eigenvalue weighted by Crippen LogP contribution is -2.38. The summed E-state index contributed by atoms with van der Waals surface area (Å²) in [5.41, 5.74) is 0. The maximum absolute atomic E-state index is 11.7. The van der Waals surface area contributed by atoms with Gasteiger partial charge in [-0.15, -0.1) is 0 Å². The van der Waals surface area contributed by atoms with Crippen LogP contribution in [-0.4, -0.2) is 30.3 Å². The van der Waals surface area contributed by atoms with Crippen molar-refractivity contribution in [3.05, 3.63) is 28.7 Å². The Balaban J connectivity index is 2.17. The predicted molar refractivity (Wildman–Crippen MR) is 82.7 cm³/mol. The highest BCUT2D eigenvalue weighted by Crippen LogP contribution is 2.16. The maximum Gasteiger partial charge on any atom is 0.220 e. The smallest absolute Gasteiger partial charge is 0.220 e. The van der Waals surface area contributed by atoms with E-state index in [0.29, 0.717) is 19.4 Å². The molecule has 0 heterocycles. The molecule has 1 aromatic rings. The van der Waals surface area contributed by atoms with Crippen LogP contribution in [0.1, 0.15) is 26.7 Å².